The summed E-state index contributed by atoms with van der Waals surface area (Å²) in [5.74, 6) is 0. The summed E-state index contributed by atoms with van der Waals surface area (Å²) >= 11 is 0. The zero-order valence-corrected chi connectivity index (χ0v) is 12.3. The van der Waals surface area contributed by atoms with E-state index < -0.39 is 0 Å². The van der Waals surface area contributed by atoms with Crippen LogP contribution in [0, 0.1) is 23.7 Å². The molecule has 1 aromatic rings. The van der Waals surface area contributed by atoms with E-state index in [1.165, 1.54) is 12.0 Å². The molecule has 0 bridgehead atoms. The Balaban J connectivity index is 2.17. The lowest BCUT2D eigenvalue weighted by molar-refractivity contribution is 0.310. The Labute approximate surface area is 116 Å². The summed E-state index contributed by atoms with van der Waals surface area (Å²) in [6.45, 7) is 6.71. The van der Waals surface area contributed by atoms with E-state index in [2.05, 4.69) is 50.4 Å². The van der Waals surface area contributed by atoms with Crippen molar-refractivity contribution in [2.24, 2.45) is 5.41 Å². The molecule has 0 saturated heterocycles. The second-order valence-corrected chi connectivity index (χ2v) is 6.71. The first-order valence-corrected chi connectivity index (χ1v) is 7.21. The average Bonchev–Trinajstić information content (AvgIpc) is 2.49. The zero-order valence-electron chi connectivity index (χ0n) is 12.3. The predicted molar refractivity (Wildman–Crippen MR) is 80.0 cm³/mol. The van der Waals surface area contributed by atoms with Gasteiger partial charge >= 0.3 is 0 Å². The number of hydrogen-bond donors (Lipinski definition) is 1. The van der Waals surface area contributed by atoms with E-state index in [1.54, 1.807) is 0 Å². The minimum Gasteiger partial charge on any atom is -0.367 e. The molecule has 0 heterocycles. The summed E-state index contributed by atoms with van der Waals surface area (Å²) < 4.78 is 0. The van der Waals surface area contributed by atoms with Crippen LogP contribution in [0.5, 0.6) is 0 Å². The van der Waals surface area contributed by atoms with Gasteiger partial charge in [-0.1, -0.05) is 26.0 Å². The lowest BCUT2D eigenvalue weighted by Crippen LogP contribution is -2.36. The Hall–Kier alpha value is -1.49. The smallest absolute Gasteiger partial charge is 0.125 e. The average molecular weight is 256 g/mol. The SMILES string of the molecule is Cc1cccc(NC2(C#N)CCCC(C)(C)CC2)c1. The normalized spacial score (nSPS) is 26.2. The molecule has 0 aliphatic heterocycles. The number of nitrogens with zero attached hydrogens (tertiary/aromatic N) is 1. The van der Waals surface area contributed by atoms with E-state index >= 15 is 0 Å². The van der Waals surface area contributed by atoms with Crippen LogP contribution >= 0.6 is 0 Å². The molecule has 0 amide bonds. The van der Waals surface area contributed by atoms with Crippen LogP contribution in [0.25, 0.3) is 0 Å². The summed E-state index contributed by atoms with van der Waals surface area (Å²) in [4.78, 5) is 0. The second-order valence-electron chi connectivity index (χ2n) is 6.71. The van der Waals surface area contributed by atoms with Crippen LogP contribution < -0.4 is 5.32 Å². The van der Waals surface area contributed by atoms with Crippen molar-refractivity contribution in [2.75, 3.05) is 5.32 Å². The highest BCUT2D eigenvalue weighted by atomic mass is 15.0. The fourth-order valence-corrected chi connectivity index (χ4v) is 2.93. The highest BCUT2D eigenvalue weighted by molar-refractivity contribution is 5.49. The van der Waals surface area contributed by atoms with E-state index in [9.17, 15) is 5.26 Å². The van der Waals surface area contributed by atoms with Crippen molar-refractivity contribution >= 4 is 5.69 Å². The van der Waals surface area contributed by atoms with Crippen LogP contribution in [-0.4, -0.2) is 5.54 Å². The van der Waals surface area contributed by atoms with Crippen LogP contribution in [0.3, 0.4) is 0 Å². The summed E-state index contributed by atoms with van der Waals surface area (Å²) in [6.07, 6.45) is 5.33. The van der Waals surface area contributed by atoms with E-state index in [1.807, 2.05) is 6.07 Å². The lowest BCUT2D eigenvalue weighted by Gasteiger charge is -2.29. The molecule has 102 valence electrons. The number of anilines is 1. The lowest BCUT2D eigenvalue weighted by atomic mass is 9.84. The second kappa shape index (κ2) is 5.25. The Kier molecular flexibility index (Phi) is 3.85. The maximum atomic E-state index is 9.65. The van der Waals surface area contributed by atoms with Crippen molar-refractivity contribution in [3.8, 4) is 6.07 Å². The molecule has 0 radical (unpaired) electrons. The summed E-state index contributed by atoms with van der Waals surface area (Å²) in [5, 5.41) is 13.2. The summed E-state index contributed by atoms with van der Waals surface area (Å²) in [5.41, 5.74) is 2.28. The van der Waals surface area contributed by atoms with Gasteiger partial charge in [0, 0.05) is 5.69 Å². The molecule has 1 N–H and O–H groups in total. The molecular weight excluding hydrogens is 232 g/mol. The van der Waals surface area contributed by atoms with Gasteiger partial charge in [0.15, 0.2) is 0 Å². The van der Waals surface area contributed by atoms with Crippen LogP contribution in [0.1, 0.15) is 51.5 Å². The first kappa shape index (κ1) is 13.9. The minimum absolute atomic E-state index is 0.368. The van der Waals surface area contributed by atoms with Crippen molar-refractivity contribution in [3.05, 3.63) is 29.8 Å². The maximum absolute atomic E-state index is 9.65. The topological polar surface area (TPSA) is 35.8 Å². The highest BCUT2D eigenvalue weighted by Gasteiger charge is 2.35. The number of aryl methyl sites for hydroxylation is 1. The third-order valence-corrected chi connectivity index (χ3v) is 4.30. The minimum atomic E-state index is -0.387. The van der Waals surface area contributed by atoms with Crippen molar-refractivity contribution in [1.29, 1.82) is 5.26 Å². The molecule has 0 spiro atoms. The van der Waals surface area contributed by atoms with Crippen molar-refractivity contribution in [3.63, 3.8) is 0 Å². The molecule has 19 heavy (non-hydrogen) atoms. The Morgan fingerprint density at radius 2 is 1.95 bits per heavy atom. The largest absolute Gasteiger partial charge is 0.367 e. The fourth-order valence-electron chi connectivity index (χ4n) is 2.93. The standard InChI is InChI=1S/C17H24N2/c1-14-6-4-7-15(12-14)19-17(13-18)9-5-8-16(2,3)10-11-17/h4,6-7,12,19H,5,8-11H2,1-3H3. The molecule has 1 saturated carbocycles. The molecule has 1 aromatic carbocycles. The monoisotopic (exact) mass is 256 g/mol. The van der Waals surface area contributed by atoms with Crippen molar-refractivity contribution < 1.29 is 0 Å². The molecule has 1 fully saturated rings. The zero-order chi connectivity index (χ0) is 13.9. The molecule has 2 nitrogen and oxygen atoms in total. The van der Waals surface area contributed by atoms with Crippen LogP contribution in [0.15, 0.2) is 24.3 Å². The first-order chi connectivity index (χ1) is 8.95. The molecule has 2 rings (SSSR count). The quantitative estimate of drug-likeness (QED) is 0.781. The van der Waals surface area contributed by atoms with E-state index in [0.29, 0.717) is 5.41 Å². The Bertz CT molecular complexity index is 484. The van der Waals surface area contributed by atoms with Gasteiger partial charge in [0.1, 0.15) is 5.54 Å². The number of benzene rings is 1. The third kappa shape index (κ3) is 3.50. The molecule has 1 aliphatic carbocycles. The van der Waals surface area contributed by atoms with Gasteiger partial charge in [0.25, 0.3) is 0 Å². The number of nitrogens with one attached hydrogen (secondary N) is 1. The van der Waals surface area contributed by atoms with Crippen LogP contribution in [-0.2, 0) is 0 Å². The van der Waals surface area contributed by atoms with E-state index in [4.69, 9.17) is 0 Å². The van der Waals surface area contributed by atoms with Gasteiger partial charge in [-0.25, -0.2) is 0 Å². The van der Waals surface area contributed by atoms with E-state index in [0.717, 1.165) is 31.4 Å². The summed E-state index contributed by atoms with van der Waals surface area (Å²) in [6, 6.07) is 10.9. The molecule has 0 aromatic heterocycles. The van der Waals surface area contributed by atoms with Crippen LogP contribution in [0.2, 0.25) is 0 Å². The number of rotatable bonds is 2. The fraction of sp³-hybridized carbons (Fsp3) is 0.588. The van der Waals surface area contributed by atoms with Gasteiger partial charge in [-0.3, -0.25) is 0 Å². The molecule has 1 atom stereocenters. The van der Waals surface area contributed by atoms with Crippen molar-refractivity contribution in [1.82, 2.24) is 0 Å². The number of nitriles is 1. The van der Waals surface area contributed by atoms with Gasteiger partial charge in [-0.15, -0.1) is 0 Å². The first-order valence-electron chi connectivity index (χ1n) is 7.21. The van der Waals surface area contributed by atoms with Crippen LogP contribution in [0.4, 0.5) is 5.69 Å². The number of hydrogen-bond acceptors (Lipinski definition) is 2. The summed E-state index contributed by atoms with van der Waals surface area (Å²) in [7, 11) is 0. The highest BCUT2D eigenvalue weighted by Crippen LogP contribution is 2.39. The maximum Gasteiger partial charge on any atom is 0.125 e. The Morgan fingerprint density at radius 1 is 1.16 bits per heavy atom. The van der Waals surface area contributed by atoms with Gasteiger partial charge in [-0.2, -0.15) is 5.26 Å². The third-order valence-electron chi connectivity index (χ3n) is 4.30. The van der Waals surface area contributed by atoms with Gasteiger partial charge < -0.3 is 5.32 Å². The molecule has 2 heteroatoms. The van der Waals surface area contributed by atoms with E-state index in [-0.39, 0.29) is 5.54 Å². The molecule has 1 unspecified atom stereocenters. The van der Waals surface area contributed by atoms with Gasteiger partial charge in [-0.05, 0) is 62.1 Å². The van der Waals surface area contributed by atoms with Crippen molar-refractivity contribution in [2.45, 2.75) is 58.4 Å². The molecule has 1 aliphatic rings. The van der Waals surface area contributed by atoms with Gasteiger partial charge in [0.05, 0.1) is 6.07 Å². The predicted octanol–water partition coefficient (Wildman–Crippen LogP) is 4.66. The molecular formula is C17H24N2. The van der Waals surface area contributed by atoms with Gasteiger partial charge in [0.2, 0.25) is 0 Å². The Morgan fingerprint density at radius 3 is 2.63 bits per heavy atom.